The van der Waals surface area contributed by atoms with Crippen molar-refractivity contribution in [3.8, 4) is 0 Å². The fraction of sp³-hybridized carbons (Fsp3) is 0.333. The number of rotatable bonds is 3. The third-order valence-corrected chi connectivity index (χ3v) is 3.05. The zero-order valence-corrected chi connectivity index (χ0v) is 10.0. The highest BCUT2D eigenvalue weighted by atomic mass is 35.5. The molecular formula is C12H13ClN2O. The Bertz CT molecular complexity index is 533. The van der Waals surface area contributed by atoms with E-state index in [1.807, 2.05) is 16.7 Å². The van der Waals surface area contributed by atoms with Gasteiger partial charge in [0, 0.05) is 11.1 Å². The number of hydrogen-bond acceptors (Lipinski definition) is 2. The summed E-state index contributed by atoms with van der Waals surface area (Å²) in [5, 5.41) is 0.638. The Kier molecular flexibility index (Phi) is 2.97. The number of fused-ring (bicyclic) bond motifs is 1. The van der Waals surface area contributed by atoms with E-state index >= 15 is 0 Å². The highest BCUT2D eigenvalue weighted by Gasteiger charge is 2.14. The van der Waals surface area contributed by atoms with Crippen LogP contribution >= 0.6 is 11.6 Å². The van der Waals surface area contributed by atoms with Gasteiger partial charge in [-0.15, -0.1) is 0 Å². The van der Waals surface area contributed by atoms with Crippen LogP contribution in [0.25, 0.3) is 11.0 Å². The molecule has 0 saturated heterocycles. The molecule has 0 aliphatic heterocycles. The van der Waals surface area contributed by atoms with E-state index in [2.05, 4.69) is 18.8 Å². The van der Waals surface area contributed by atoms with Crippen LogP contribution < -0.4 is 0 Å². The van der Waals surface area contributed by atoms with Gasteiger partial charge in [0.1, 0.15) is 0 Å². The van der Waals surface area contributed by atoms with Gasteiger partial charge in [-0.1, -0.05) is 18.5 Å². The molecule has 0 saturated carbocycles. The molecule has 0 fully saturated rings. The Morgan fingerprint density at radius 1 is 1.56 bits per heavy atom. The topological polar surface area (TPSA) is 34.9 Å². The average Bonchev–Trinajstić information content (AvgIpc) is 2.65. The van der Waals surface area contributed by atoms with Crippen molar-refractivity contribution in [1.29, 1.82) is 0 Å². The van der Waals surface area contributed by atoms with Gasteiger partial charge >= 0.3 is 0 Å². The van der Waals surface area contributed by atoms with Crippen molar-refractivity contribution in [2.45, 2.75) is 26.3 Å². The Morgan fingerprint density at radius 2 is 2.31 bits per heavy atom. The normalized spacial score (nSPS) is 12.9. The molecular weight excluding hydrogens is 224 g/mol. The molecule has 84 valence electrons. The maximum absolute atomic E-state index is 11.0. The number of aldehydes is 1. The van der Waals surface area contributed by atoms with Crippen LogP contribution in [0, 0.1) is 0 Å². The van der Waals surface area contributed by atoms with E-state index in [0.29, 0.717) is 10.8 Å². The van der Waals surface area contributed by atoms with Crippen LogP contribution in [0.3, 0.4) is 0 Å². The largest absolute Gasteiger partial charge is 0.319 e. The van der Waals surface area contributed by atoms with E-state index in [0.717, 1.165) is 23.7 Å². The molecule has 3 nitrogen and oxygen atoms in total. The number of benzene rings is 1. The number of carbonyl (C=O) groups excluding carboxylic acids is 1. The Hall–Kier alpha value is -1.35. The molecule has 0 unspecified atom stereocenters. The smallest absolute Gasteiger partial charge is 0.185 e. The van der Waals surface area contributed by atoms with Gasteiger partial charge in [0.2, 0.25) is 0 Å². The molecule has 0 bridgehead atoms. The van der Waals surface area contributed by atoms with Crippen molar-refractivity contribution in [3.05, 3.63) is 29.0 Å². The maximum Gasteiger partial charge on any atom is 0.185 e. The predicted molar refractivity (Wildman–Crippen MR) is 65.1 cm³/mol. The number of imidazole rings is 1. The molecule has 16 heavy (non-hydrogen) atoms. The van der Waals surface area contributed by atoms with Gasteiger partial charge in [0.05, 0.1) is 11.0 Å². The monoisotopic (exact) mass is 236 g/mol. The molecule has 4 heteroatoms. The minimum Gasteiger partial charge on any atom is -0.319 e. The first-order valence-corrected chi connectivity index (χ1v) is 5.67. The number of halogens is 1. The van der Waals surface area contributed by atoms with E-state index in [9.17, 15) is 4.79 Å². The molecule has 2 rings (SSSR count). The van der Waals surface area contributed by atoms with Crippen LogP contribution in [0.4, 0.5) is 0 Å². The molecule has 0 aliphatic carbocycles. The SMILES string of the molecule is CC[C@H](C)n1c(C=O)nc2cc(Cl)ccc21. The van der Waals surface area contributed by atoms with Crippen molar-refractivity contribution in [3.63, 3.8) is 0 Å². The molecule has 0 aliphatic rings. The second kappa shape index (κ2) is 4.26. The Balaban J connectivity index is 2.73. The van der Waals surface area contributed by atoms with Crippen LogP contribution in [0.5, 0.6) is 0 Å². The number of nitrogens with zero attached hydrogens (tertiary/aromatic N) is 2. The maximum atomic E-state index is 11.0. The fourth-order valence-electron chi connectivity index (χ4n) is 1.82. The first-order chi connectivity index (χ1) is 7.67. The van der Waals surface area contributed by atoms with E-state index in [1.54, 1.807) is 6.07 Å². The zero-order valence-electron chi connectivity index (χ0n) is 9.27. The van der Waals surface area contributed by atoms with Crippen molar-refractivity contribution >= 4 is 28.9 Å². The Labute approximate surface area is 99.0 Å². The first-order valence-electron chi connectivity index (χ1n) is 5.30. The summed E-state index contributed by atoms with van der Waals surface area (Å²) in [5.41, 5.74) is 1.73. The van der Waals surface area contributed by atoms with Crippen LogP contribution in [0.1, 0.15) is 36.9 Å². The molecule has 1 heterocycles. The summed E-state index contributed by atoms with van der Waals surface area (Å²) in [6, 6.07) is 5.76. The summed E-state index contributed by atoms with van der Waals surface area (Å²) < 4.78 is 1.96. The van der Waals surface area contributed by atoms with E-state index in [4.69, 9.17) is 11.6 Å². The summed E-state index contributed by atoms with van der Waals surface area (Å²) in [6.45, 7) is 4.16. The van der Waals surface area contributed by atoms with Crippen molar-refractivity contribution in [2.75, 3.05) is 0 Å². The minimum absolute atomic E-state index is 0.256. The van der Waals surface area contributed by atoms with Gasteiger partial charge in [0.15, 0.2) is 12.1 Å². The van der Waals surface area contributed by atoms with Gasteiger partial charge in [-0.25, -0.2) is 4.98 Å². The van der Waals surface area contributed by atoms with E-state index in [1.165, 1.54) is 0 Å². The zero-order chi connectivity index (χ0) is 11.7. The number of carbonyl (C=O) groups is 1. The minimum atomic E-state index is 0.256. The number of hydrogen-bond donors (Lipinski definition) is 0. The second-order valence-electron chi connectivity index (χ2n) is 3.85. The summed E-state index contributed by atoms with van der Waals surface area (Å²) >= 11 is 5.90. The standard InChI is InChI=1S/C12H13ClN2O/c1-3-8(2)15-11-5-4-9(13)6-10(11)14-12(15)7-16/h4-8H,3H2,1-2H3/t8-/m0/s1. The lowest BCUT2D eigenvalue weighted by atomic mass is 10.2. The van der Waals surface area contributed by atoms with Crippen LogP contribution in [0.2, 0.25) is 5.02 Å². The molecule has 2 aromatic rings. The molecule has 1 atom stereocenters. The lowest BCUT2D eigenvalue weighted by Crippen LogP contribution is -2.07. The fourth-order valence-corrected chi connectivity index (χ4v) is 1.99. The van der Waals surface area contributed by atoms with Crippen LogP contribution in [-0.2, 0) is 0 Å². The van der Waals surface area contributed by atoms with E-state index < -0.39 is 0 Å². The summed E-state index contributed by atoms with van der Waals surface area (Å²) in [4.78, 5) is 15.3. The molecule has 0 spiro atoms. The highest BCUT2D eigenvalue weighted by molar-refractivity contribution is 6.31. The van der Waals surface area contributed by atoms with Gasteiger partial charge in [-0.05, 0) is 31.5 Å². The molecule has 0 amide bonds. The van der Waals surface area contributed by atoms with Crippen LogP contribution in [0.15, 0.2) is 18.2 Å². The lowest BCUT2D eigenvalue weighted by molar-refractivity contribution is 0.111. The van der Waals surface area contributed by atoms with Crippen molar-refractivity contribution in [2.24, 2.45) is 0 Å². The van der Waals surface area contributed by atoms with Gasteiger partial charge < -0.3 is 4.57 Å². The summed E-state index contributed by atoms with van der Waals surface area (Å²) in [5.74, 6) is 0.464. The van der Waals surface area contributed by atoms with E-state index in [-0.39, 0.29) is 6.04 Å². The van der Waals surface area contributed by atoms with Gasteiger partial charge in [0.25, 0.3) is 0 Å². The average molecular weight is 237 g/mol. The lowest BCUT2D eigenvalue weighted by Gasteiger charge is -2.13. The third-order valence-electron chi connectivity index (χ3n) is 2.82. The quantitative estimate of drug-likeness (QED) is 0.765. The molecule has 0 N–H and O–H groups in total. The first kappa shape index (κ1) is 11.1. The van der Waals surface area contributed by atoms with Crippen molar-refractivity contribution < 1.29 is 4.79 Å². The molecule has 1 aromatic heterocycles. The third kappa shape index (κ3) is 1.71. The summed E-state index contributed by atoms with van der Waals surface area (Å²) in [7, 11) is 0. The highest BCUT2D eigenvalue weighted by Crippen LogP contribution is 2.24. The van der Waals surface area contributed by atoms with Crippen LogP contribution in [-0.4, -0.2) is 15.8 Å². The summed E-state index contributed by atoms with van der Waals surface area (Å²) in [6.07, 6.45) is 1.75. The van der Waals surface area contributed by atoms with Crippen molar-refractivity contribution in [1.82, 2.24) is 9.55 Å². The second-order valence-corrected chi connectivity index (χ2v) is 4.28. The van der Waals surface area contributed by atoms with Gasteiger partial charge in [-0.3, -0.25) is 4.79 Å². The Morgan fingerprint density at radius 3 is 2.94 bits per heavy atom. The van der Waals surface area contributed by atoms with Gasteiger partial charge in [-0.2, -0.15) is 0 Å². The molecule has 0 radical (unpaired) electrons. The predicted octanol–water partition coefficient (Wildman–Crippen LogP) is 3.47. The molecule has 1 aromatic carbocycles. The number of aromatic nitrogens is 2.